The molecule has 0 radical (unpaired) electrons. The van der Waals surface area contributed by atoms with Gasteiger partial charge in [-0.3, -0.25) is 4.98 Å². The first-order chi connectivity index (χ1) is 9.62. The molecule has 0 atom stereocenters. The van der Waals surface area contributed by atoms with Gasteiger partial charge in [0.15, 0.2) is 0 Å². The molecular formula is C15H17NO3S. The highest BCUT2D eigenvalue weighted by Crippen LogP contribution is 2.23. The van der Waals surface area contributed by atoms with Gasteiger partial charge in [0, 0.05) is 17.8 Å². The minimum atomic E-state index is -2.79. The van der Waals surface area contributed by atoms with Gasteiger partial charge in [0.25, 0.3) is 0 Å². The summed E-state index contributed by atoms with van der Waals surface area (Å²) in [5, 5.41) is 2.19. The van der Waals surface area contributed by atoms with E-state index in [4.69, 9.17) is 4.74 Å². The molecular weight excluding hydrogens is 274 g/mol. The normalized spacial score (nSPS) is 19.0. The summed E-state index contributed by atoms with van der Waals surface area (Å²) in [5.41, 5.74) is 0. The Kier molecular flexibility index (Phi) is 3.61. The van der Waals surface area contributed by atoms with Gasteiger partial charge in [-0.2, -0.15) is 0 Å². The minimum Gasteiger partial charge on any atom is -0.493 e. The zero-order valence-electron chi connectivity index (χ0n) is 11.2. The van der Waals surface area contributed by atoms with Crippen LogP contribution < -0.4 is 4.74 Å². The van der Waals surface area contributed by atoms with Gasteiger partial charge >= 0.3 is 0 Å². The van der Waals surface area contributed by atoms with Crippen molar-refractivity contribution in [1.82, 2.24) is 4.98 Å². The number of hydrogen-bond acceptors (Lipinski definition) is 4. The van der Waals surface area contributed by atoms with Gasteiger partial charge in [0.1, 0.15) is 15.6 Å². The van der Waals surface area contributed by atoms with Crippen molar-refractivity contribution < 1.29 is 13.2 Å². The molecule has 1 fully saturated rings. The fourth-order valence-corrected chi connectivity index (χ4v) is 4.06. The Balaban J connectivity index is 1.63. The summed E-state index contributed by atoms with van der Waals surface area (Å²) >= 11 is 0. The Labute approximate surface area is 118 Å². The Morgan fingerprint density at radius 1 is 1.15 bits per heavy atom. The number of benzene rings is 1. The first-order valence-corrected chi connectivity index (χ1v) is 8.61. The lowest BCUT2D eigenvalue weighted by Crippen LogP contribution is -2.26. The van der Waals surface area contributed by atoms with E-state index in [1.165, 1.54) is 0 Å². The van der Waals surface area contributed by atoms with Crippen LogP contribution in [0.1, 0.15) is 12.8 Å². The molecule has 1 aromatic carbocycles. The Hall–Kier alpha value is -1.62. The van der Waals surface area contributed by atoms with E-state index in [9.17, 15) is 8.42 Å². The van der Waals surface area contributed by atoms with Crippen LogP contribution in [0.3, 0.4) is 0 Å². The van der Waals surface area contributed by atoms with E-state index in [1.54, 1.807) is 6.20 Å². The van der Waals surface area contributed by atoms with Crippen molar-refractivity contribution >= 4 is 20.6 Å². The topological polar surface area (TPSA) is 56.3 Å². The van der Waals surface area contributed by atoms with Crippen molar-refractivity contribution in [3.05, 3.63) is 36.7 Å². The summed E-state index contributed by atoms with van der Waals surface area (Å²) in [4.78, 5) is 4.08. The lowest BCUT2D eigenvalue weighted by atomic mass is 10.0. The molecule has 0 unspecified atom stereocenters. The van der Waals surface area contributed by atoms with Crippen LogP contribution in [0.15, 0.2) is 36.7 Å². The van der Waals surface area contributed by atoms with Crippen molar-refractivity contribution in [2.24, 2.45) is 5.92 Å². The van der Waals surface area contributed by atoms with E-state index in [-0.39, 0.29) is 0 Å². The predicted molar refractivity (Wildman–Crippen MR) is 78.6 cm³/mol. The Morgan fingerprint density at radius 3 is 2.75 bits per heavy atom. The van der Waals surface area contributed by atoms with Gasteiger partial charge in [0.05, 0.1) is 18.1 Å². The summed E-state index contributed by atoms with van der Waals surface area (Å²) in [7, 11) is -2.79. The van der Waals surface area contributed by atoms with Crippen LogP contribution >= 0.6 is 0 Å². The zero-order valence-corrected chi connectivity index (χ0v) is 12.0. The van der Waals surface area contributed by atoms with E-state index in [0.29, 0.717) is 36.9 Å². The number of pyridine rings is 1. The number of ether oxygens (including phenoxy) is 1. The Morgan fingerprint density at radius 2 is 1.95 bits per heavy atom. The quantitative estimate of drug-likeness (QED) is 0.871. The lowest BCUT2D eigenvalue weighted by Gasteiger charge is -2.22. The molecule has 0 amide bonds. The summed E-state index contributed by atoms with van der Waals surface area (Å²) in [6.45, 7) is 0.589. The first-order valence-electron chi connectivity index (χ1n) is 6.79. The molecule has 3 rings (SSSR count). The zero-order chi connectivity index (χ0) is 14.0. The monoisotopic (exact) mass is 291 g/mol. The maximum atomic E-state index is 11.4. The molecule has 0 aliphatic carbocycles. The fourth-order valence-electron chi connectivity index (χ4n) is 2.47. The average molecular weight is 291 g/mol. The lowest BCUT2D eigenvalue weighted by molar-refractivity contribution is 0.238. The maximum Gasteiger partial charge on any atom is 0.150 e. The van der Waals surface area contributed by atoms with Gasteiger partial charge in [-0.1, -0.05) is 0 Å². The molecule has 0 N–H and O–H groups in total. The molecule has 0 saturated carbocycles. The van der Waals surface area contributed by atoms with Crippen molar-refractivity contribution in [2.75, 3.05) is 18.1 Å². The third-order valence-corrected chi connectivity index (χ3v) is 5.49. The second-order valence-corrected chi connectivity index (χ2v) is 7.59. The number of nitrogens with zero attached hydrogens (tertiary/aromatic N) is 1. The fraction of sp³-hybridized carbons (Fsp3) is 0.400. The first kappa shape index (κ1) is 13.4. The number of fused-ring (bicyclic) bond motifs is 1. The molecule has 1 aromatic heterocycles. The summed E-state index contributed by atoms with van der Waals surface area (Å²) in [5.74, 6) is 1.76. The van der Waals surface area contributed by atoms with E-state index in [2.05, 4.69) is 4.98 Å². The van der Waals surface area contributed by atoms with Gasteiger partial charge < -0.3 is 4.74 Å². The van der Waals surface area contributed by atoms with E-state index in [1.807, 2.05) is 30.5 Å². The summed E-state index contributed by atoms with van der Waals surface area (Å²) in [6, 6.07) is 7.87. The van der Waals surface area contributed by atoms with Gasteiger partial charge in [0.2, 0.25) is 0 Å². The molecule has 2 aromatic rings. The molecule has 1 saturated heterocycles. The number of sulfone groups is 1. The van der Waals surface area contributed by atoms with Crippen LogP contribution in [0.5, 0.6) is 5.75 Å². The minimum absolute atomic E-state index is 0.296. The third kappa shape index (κ3) is 3.10. The van der Waals surface area contributed by atoms with E-state index in [0.717, 1.165) is 16.5 Å². The largest absolute Gasteiger partial charge is 0.493 e. The maximum absolute atomic E-state index is 11.4. The number of hydrogen-bond donors (Lipinski definition) is 0. The molecule has 106 valence electrons. The van der Waals surface area contributed by atoms with Crippen LogP contribution in [0.4, 0.5) is 0 Å². The van der Waals surface area contributed by atoms with E-state index >= 15 is 0 Å². The van der Waals surface area contributed by atoms with Crippen molar-refractivity contribution in [2.45, 2.75) is 12.8 Å². The van der Waals surface area contributed by atoms with E-state index < -0.39 is 9.84 Å². The van der Waals surface area contributed by atoms with Crippen LogP contribution in [0.2, 0.25) is 0 Å². The molecule has 5 heteroatoms. The predicted octanol–water partition coefficient (Wildman–Crippen LogP) is 2.44. The number of rotatable bonds is 3. The van der Waals surface area contributed by atoms with Crippen molar-refractivity contribution in [1.29, 1.82) is 0 Å². The molecule has 1 aliphatic heterocycles. The number of aromatic nitrogens is 1. The highest BCUT2D eigenvalue weighted by atomic mass is 32.2. The standard InChI is InChI=1S/C15H17NO3S/c17-20(18)7-4-12(5-8-20)11-19-15-2-1-14-10-16-6-3-13(14)9-15/h1-3,6,9-10,12H,4-5,7-8,11H2. The molecule has 2 heterocycles. The smallest absolute Gasteiger partial charge is 0.150 e. The van der Waals surface area contributed by atoms with Gasteiger partial charge in [-0.05, 0) is 48.4 Å². The molecule has 0 bridgehead atoms. The molecule has 4 nitrogen and oxygen atoms in total. The highest BCUT2D eigenvalue weighted by Gasteiger charge is 2.23. The molecule has 20 heavy (non-hydrogen) atoms. The van der Waals surface area contributed by atoms with Gasteiger partial charge in [-0.25, -0.2) is 8.42 Å². The molecule has 0 spiro atoms. The van der Waals surface area contributed by atoms with Gasteiger partial charge in [-0.15, -0.1) is 0 Å². The molecule has 1 aliphatic rings. The summed E-state index contributed by atoms with van der Waals surface area (Å²) < 4.78 is 28.5. The summed E-state index contributed by atoms with van der Waals surface area (Å²) in [6.07, 6.45) is 5.00. The van der Waals surface area contributed by atoms with Crippen molar-refractivity contribution in [3.8, 4) is 5.75 Å². The van der Waals surface area contributed by atoms with Crippen LogP contribution in [-0.4, -0.2) is 31.5 Å². The Bertz CT molecular complexity index is 698. The van der Waals surface area contributed by atoms with Crippen LogP contribution in [0, 0.1) is 5.92 Å². The highest BCUT2D eigenvalue weighted by molar-refractivity contribution is 7.91. The second-order valence-electron chi connectivity index (χ2n) is 5.29. The SMILES string of the molecule is O=S1(=O)CCC(COc2ccc3cnccc3c2)CC1. The average Bonchev–Trinajstić information content (AvgIpc) is 2.46. The van der Waals surface area contributed by atoms with Crippen LogP contribution in [-0.2, 0) is 9.84 Å². The second kappa shape index (κ2) is 5.40. The van der Waals surface area contributed by atoms with Crippen molar-refractivity contribution in [3.63, 3.8) is 0 Å². The third-order valence-electron chi connectivity index (χ3n) is 3.77. The van der Waals surface area contributed by atoms with Crippen LogP contribution in [0.25, 0.3) is 10.8 Å².